The first-order chi connectivity index (χ1) is 17.1. The molecule has 188 valence electrons. The molecule has 0 saturated heterocycles. The van der Waals surface area contributed by atoms with Gasteiger partial charge in [-0.25, -0.2) is 4.98 Å². The third kappa shape index (κ3) is 4.77. The number of nitrogens with two attached hydrogens (primary N) is 1. The molecule has 2 aromatic carbocycles. The van der Waals surface area contributed by atoms with Crippen molar-refractivity contribution in [2.75, 3.05) is 7.11 Å². The number of benzene rings is 2. The fourth-order valence-electron chi connectivity index (χ4n) is 4.30. The van der Waals surface area contributed by atoms with Gasteiger partial charge in [0.15, 0.2) is 0 Å². The minimum atomic E-state index is -1.25. The van der Waals surface area contributed by atoms with Crippen molar-refractivity contribution in [2.24, 2.45) is 5.73 Å². The number of rotatable bonds is 9. The summed E-state index contributed by atoms with van der Waals surface area (Å²) in [4.78, 5) is 30.2. The SMILES string of the molecule is COc1ccccc1[C@H](Cc1cn(C(C)(C)C(N)=O)c(=O)c2cc(-c3ncco3)ccc12)OC(C)C. The largest absolute Gasteiger partial charge is 0.496 e. The van der Waals surface area contributed by atoms with Crippen LogP contribution < -0.4 is 16.0 Å². The zero-order valence-electron chi connectivity index (χ0n) is 21.1. The summed E-state index contributed by atoms with van der Waals surface area (Å²) in [5, 5.41) is 1.18. The second-order valence-electron chi connectivity index (χ2n) is 9.47. The maximum absolute atomic E-state index is 13.6. The number of hydrogen-bond acceptors (Lipinski definition) is 6. The third-order valence-electron chi connectivity index (χ3n) is 6.31. The molecule has 2 aromatic heterocycles. The number of aromatic nitrogens is 2. The summed E-state index contributed by atoms with van der Waals surface area (Å²) in [6, 6.07) is 13.2. The molecular weight excluding hydrogens is 458 g/mol. The van der Waals surface area contributed by atoms with E-state index in [0.717, 1.165) is 16.5 Å². The second-order valence-corrected chi connectivity index (χ2v) is 9.47. The molecule has 0 saturated carbocycles. The Balaban J connectivity index is 1.95. The normalized spacial score (nSPS) is 12.7. The summed E-state index contributed by atoms with van der Waals surface area (Å²) in [6.45, 7) is 7.21. The van der Waals surface area contributed by atoms with Gasteiger partial charge in [0.2, 0.25) is 11.8 Å². The van der Waals surface area contributed by atoms with Gasteiger partial charge in [0, 0.05) is 29.1 Å². The molecule has 0 spiro atoms. The number of carbonyl (C=O) groups is 1. The van der Waals surface area contributed by atoms with Crippen LogP contribution in [0.2, 0.25) is 0 Å². The van der Waals surface area contributed by atoms with E-state index in [4.69, 9.17) is 19.6 Å². The van der Waals surface area contributed by atoms with E-state index in [1.807, 2.05) is 50.2 Å². The summed E-state index contributed by atoms with van der Waals surface area (Å²) in [6.07, 6.45) is 4.75. The lowest BCUT2D eigenvalue weighted by molar-refractivity contribution is -0.125. The predicted molar refractivity (Wildman–Crippen MR) is 138 cm³/mol. The van der Waals surface area contributed by atoms with E-state index in [9.17, 15) is 9.59 Å². The van der Waals surface area contributed by atoms with Crippen LogP contribution in [-0.2, 0) is 21.5 Å². The molecule has 2 N–H and O–H groups in total. The Morgan fingerprint density at radius 1 is 1.17 bits per heavy atom. The first kappa shape index (κ1) is 25.2. The van der Waals surface area contributed by atoms with Crippen LogP contribution in [0.15, 0.2) is 70.3 Å². The highest BCUT2D eigenvalue weighted by Crippen LogP contribution is 2.34. The van der Waals surface area contributed by atoms with Gasteiger partial charge in [-0.3, -0.25) is 9.59 Å². The molecule has 8 heteroatoms. The molecule has 1 atom stereocenters. The van der Waals surface area contributed by atoms with E-state index in [0.29, 0.717) is 29.0 Å². The van der Waals surface area contributed by atoms with Crippen LogP contribution in [0.25, 0.3) is 22.2 Å². The van der Waals surface area contributed by atoms with E-state index in [1.54, 1.807) is 39.4 Å². The summed E-state index contributed by atoms with van der Waals surface area (Å²) >= 11 is 0. The van der Waals surface area contributed by atoms with Gasteiger partial charge in [-0.2, -0.15) is 0 Å². The molecule has 0 fully saturated rings. The van der Waals surface area contributed by atoms with Gasteiger partial charge in [-0.05, 0) is 56.8 Å². The fourth-order valence-corrected chi connectivity index (χ4v) is 4.30. The number of ether oxygens (including phenoxy) is 2. The molecule has 0 aliphatic carbocycles. The van der Waals surface area contributed by atoms with Crippen molar-refractivity contribution in [1.29, 1.82) is 0 Å². The van der Waals surface area contributed by atoms with Crippen LogP contribution >= 0.6 is 0 Å². The van der Waals surface area contributed by atoms with E-state index >= 15 is 0 Å². The van der Waals surface area contributed by atoms with Crippen LogP contribution in [-0.4, -0.2) is 28.7 Å². The van der Waals surface area contributed by atoms with Crippen molar-refractivity contribution in [1.82, 2.24) is 9.55 Å². The van der Waals surface area contributed by atoms with E-state index in [2.05, 4.69) is 4.98 Å². The van der Waals surface area contributed by atoms with Gasteiger partial charge in [0.05, 0.1) is 25.5 Å². The summed E-state index contributed by atoms with van der Waals surface area (Å²) in [5.41, 5.74) is 6.50. The molecule has 4 aromatic rings. The molecular formula is C28H31N3O5. The lowest BCUT2D eigenvalue weighted by Crippen LogP contribution is -2.46. The van der Waals surface area contributed by atoms with Gasteiger partial charge in [-0.15, -0.1) is 0 Å². The zero-order chi connectivity index (χ0) is 26.0. The summed E-state index contributed by atoms with van der Waals surface area (Å²) in [5.74, 6) is 0.500. The van der Waals surface area contributed by atoms with E-state index in [-0.39, 0.29) is 17.8 Å². The molecule has 1 amide bonds. The Morgan fingerprint density at radius 3 is 2.56 bits per heavy atom. The zero-order valence-corrected chi connectivity index (χ0v) is 21.1. The standard InChI is InChI=1S/C28H31N3O5/c1-17(2)36-24(21-8-6-7-9-23(21)34-5)15-19-16-31(28(3,4)27(29)33)26(32)22-14-18(10-11-20(19)22)25-30-12-13-35-25/h6-14,16-17,24H,15H2,1-5H3,(H2,29,33)/t24-/m0/s1. The minimum absolute atomic E-state index is 0.0595. The van der Waals surface area contributed by atoms with Crippen LogP contribution in [0.3, 0.4) is 0 Å². The van der Waals surface area contributed by atoms with Crippen molar-refractivity contribution in [3.63, 3.8) is 0 Å². The van der Waals surface area contributed by atoms with E-state index in [1.165, 1.54) is 10.8 Å². The van der Waals surface area contributed by atoms with Crippen LogP contribution in [0.1, 0.15) is 44.9 Å². The van der Waals surface area contributed by atoms with E-state index < -0.39 is 11.4 Å². The van der Waals surface area contributed by atoms with Crippen molar-refractivity contribution >= 4 is 16.7 Å². The number of methoxy groups -OCH3 is 1. The molecule has 0 aliphatic heterocycles. The highest BCUT2D eigenvalue weighted by molar-refractivity contribution is 5.89. The van der Waals surface area contributed by atoms with Crippen molar-refractivity contribution < 1.29 is 18.7 Å². The number of carbonyl (C=O) groups excluding carboxylic acids is 1. The number of amides is 1. The molecule has 4 rings (SSSR count). The van der Waals surface area contributed by atoms with Crippen LogP contribution in [0.4, 0.5) is 0 Å². The topological polar surface area (TPSA) is 110 Å². The van der Waals surface area contributed by atoms with Gasteiger partial charge in [0.1, 0.15) is 17.6 Å². The smallest absolute Gasteiger partial charge is 0.259 e. The highest BCUT2D eigenvalue weighted by atomic mass is 16.5. The predicted octanol–water partition coefficient (Wildman–Crippen LogP) is 4.59. The lowest BCUT2D eigenvalue weighted by atomic mass is 9.95. The average molecular weight is 490 g/mol. The number of primary amides is 1. The Bertz CT molecular complexity index is 1440. The third-order valence-corrected chi connectivity index (χ3v) is 6.31. The fraction of sp³-hybridized carbons (Fsp3) is 0.321. The molecule has 36 heavy (non-hydrogen) atoms. The monoisotopic (exact) mass is 489 g/mol. The number of fused-ring (bicyclic) bond motifs is 1. The maximum atomic E-state index is 13.6. The maximum Gasteiger partial charge on any atom is 0.259 e. The number of nitrogens with zero attached hydrogens (tertiary/aromatic N) is 2. The molecule has 8 nitrogen and oxygen atoms in total. The van der Waals surface area contributed by atoms with Gasteiger partial charge in [-0.1, -0.05) is 24.3 Å². The highest BCUT2D eigenvalue weighted by Gasteiger charge is 2.30. The van der Waals surface area contributed by atoms with Crippen LogP contribution in [0.5, 0.6) is 5.75 Å². The molecule has 0 bridgehead atoms. The molecule has 2 heterocycles. The number of oxazole rings is 1. The van der Waals surface area contributed by atoms with Gasteiger partial charge >= 0.3 is 0 Å². The van der Waals surface area contributed by atoms with Crippen molar-refractivity contribution in [2.45, 2.75) is 51.9 Å². The quantitative estimate of drug-likeness (QED) is 0.368. The second kappa shape index (κ2) is 9.99. The molecule has 0 unspecified atom stereocenters. The Kier molecular flexibility index (Phi) is 6.99. The minimum Gasteiger partial charge on any atom is -0.496 e. The van der Waals surface area contributed by atoms with Gasteiger partial charge in [0.25, 0.3) is 5.56 Å². The van der Waals surface area contributed by atoms with Crippen molar-refractivity contribution in [3.05, 3.63) is 82.6 Å². The summed E-state index contributed by atoms with van der Waals surface area (Å²) < 4.78 is 18.8. The molecule has 0 radical (unpaired) electrons. The average Bonchev–Trinajstić information content (AvgIpc) is 3.39. The Hall–Kier alpha value is -3.91. The lowest BCUT2D eigenvalue weighted by Gasteiger charge is -2.27. The molecule has 0 aliphatic rings. The van der Waals surface area contributed by atoms with Gasteiger partial charge < -0.3 is 24.2 Å². The number of pyridine rings is 1. The Labute approximate surface area is 209 Å². The summed E-state index contributed by atoms with van der Waals surface area (Å²) in [7, 11) is 1.63. The number of para-hydroxylation sites is 1. The first-order valence-corrected chi connectivity index (χ1v) is 11.8. The first-order valence-electron chi connectivity index (χ1n) is 11.8. The van der Waals surface area contributed by atoms with Crippen LogP contribution in [0, 0.1) is 0 Å². The van der Waals surface area contributed by atoms with Crippen molar-refractivity contribution in [3.8, 4) is 17.2 Å². The number of hydrogen-bond donors (Lipinski definition) is 1. The Morgan fingerprint density at radius 2 is 1.92 bits per heavy atom.